The number of unbranched alkanes of at least 4 members (excludes halogenated alkanes) is 1. The zero-order valence-electron chi connectivity index (χ0n) is 21.9. The lowest BCUT2D eigenvalue weighted by atomic mass is 10.1. The van der Waals surface area contributed by atoms with Crippen molar-refractivity contribution in [1.29, 1.82) is 0 Å². The Morgan fingerprint density at radius 1 is 0.973 bits per heavy atom. The van der Waals surface area contributed by atoms with Crippen LogP contribution in [0.5, 0.6) is 5.75 Å². The molecule has 1 heterocycles. The van der Waals surface area contributed by atoms with Crippen LogP contribution in [0.2, 0.25) is 0 Å². The first-order valence-corrected chi connectivity index (χ1v) is 13.1. The van der Waals surface area contributed by atoms with Gasteiger partial charge in [-0.1, -0.05) is 55.8 Å². The van der Waals surface area contributed by atoms with Gasteiger partial charge >= 0.3 is 0 Å². The van der Waals surface area contributed by atoms with Crippen LogP contribution in [-0.2, 0) is 11.2 Å². The number of ether oxygens (including phenoxy) is 1. The molecule has 0 saturated carbocycles. The van der Waals surface area contributed by atoms with Crippen molar-refractivity contribution >= 4 is 16.8 Å². The number of nitrogens with zero attached hydrogens (tertiary/aromatic N) is 3. The van der Waals surface area contributed by atoms with Crippen LogP contribution in [0.15, 0.2) is 83.7 Å². The Labute approximate surface area is 218 Å². The van der Waals surface area contributed by atoms with E-state index in [0.717, 1.165) is 25.0 Å². The Balaban J connectivity index is 1.80. The molecule has 6 heteroatoms. The minimum atomic E-state index is -0.406. The number of rotatable bonds is 11. The van der Waals surface area contributed by atoms with Gasteiger partial charge in [-0.25, -0.2) is 4.98 Å². The largest absolute Gasteiger partial charge is 0.494 e. The fourth-order valence-electron chi connectivity index (χ4n) is 4.58. The number of para-hydroxylation sites is 1. The monoisotopic (exact) mass is 497 g/mol. The van der Waals surface area contributed by atoms with E-state index in [1.807, 2.05) is 79.4 Å². The van der Waals surface area contributed by atoms with E-state index in [-0.39, 0.29) is 11.5 Å². The van der Waals surface area contributed by atoms with Gasteiger partial charge in [0.25, 0.3) is 5.56 Å². The first-order chi connectivity index (χ1) is 18.0. The van der Waals surface area contributed by atoms with Gasteiger partial charge in [-0.05, 0) is 68.7 Å². The predicted molar refractivity (Wildman–Crippen MR) is 148 cm³/mol. The summed E-state index contributed by atoms with van der Waals surface area (Å²) in [6.07, 6.45) is 2.96. The zero-order valence-corrected chi connectivity index (χ0v) is 21.9. The number of amides is 1. The van der Waals surface area contributed by atoms with Crippen LogP contribution in [0.1, 0.15) is 57.5 Å². The lowest BCUT2D eigenvalue weighted by Crippen LogP contribution is -2.38. The lowest BCUT2D eigenvalue weighted by molar-refractivity contribution is -0.133. The maximum absolute atomic E-state index is 13.8. The van der Waals surface area contributed by atoms with Crippen LogP contribution in [0, 0.1) is 0 Å². The number of fused-ring (bicyclic) bond motifs is 1. The Morgan fingerprint density at radius 3 is 2.38 bits per heavy atom. The molecular weight excluding hydrogens is 462 g/mol. The van der Waals surface area contributed by atoms with Gasteiger partial charge in [0.2, 0.25) is 5.91 Å². The molecule has 1 unspecified atom stereocenters. The molecule has 1 atom stereocenters. The predicted octanol–water partition coefficient (Wildman–Crippen LogP) is 6.11. The van der Waals surface area contributed by atoms with Crippen LogP contribution in [0.25, 0.3) is 16.6 Å². The number of carbonyl (C=O) groups excluding carboxylic acids is 1. The van der Waals surface area contributed by atoms with Crippen molar-refractivity contribution < 1.29 is 9.53 Å². The van der Waals surface area contributed by atoms with E-state index < -0.39 is 6.04 Å². The molecule has 0 aliphatic carbocycles. The molecule has 3 aromatic carbocycles. The smallest absolute Gasteiger partial charge is 0.266 e. The quantitative estimate of drug-likeness (QED) is 0.251. The number of hydrogen-bond donors (Lipinski definition) is 0. The van der Waals surface area contributed by atoms with E-state index >= 15 is 0 Å². The maximum Gasteiger partial charge on any atom is 0.266 e. The molecule has 192 valence electrons. The second-order valence-corrected chi connectivity index (χ2v) is 9.16. The van der Waals surface area contributed by atoms with Crippen LogP contribution in [0.4, 0.5) is 0 Å². The summed E-state index contributed by atoms with van der Waals surface area (Å²) in [5.41, 5.74) is 2.33. The van der Waals surface area contributed by atoms with Crippen molar-refractivity contribution in [3.8, 4) is 11.4 Å². The van der Waals surface area contributed by atoms with Gasteiger partial charge in [-0.2, -0.15) is 0 Å². The minimum absolute atomic E-state index is 0.0749. The normalized spacial score (nSPS) is 11.9. The molecule has 0 bridgehead atoms. The molecule has 0 N–H and O–H groups in total. The fourth-order valence-corrected chi connectivity index (χ4v) is 4.58. The summed E-state index contributed by atoms with van der Waals surface area (Å²) in [6, 6.07) is 24.6. The molecule has 37 heavy (non-hydrogen) atoms. The molecule has 0 saturated heterocycles. The van der Waals surface area contributed by atoms with Crippen molar-refractivity contribution in [1.82, 2.24) is 14.5 Å². The van der Waals surface area contributed by atoms with Crippen molar-refractivity contribution in [3.05, 3.63) is 101 Å². The highest BCUT2D eigenvalue weighted by Crippen LogP contribution is 2.25. The minimum Gasteiger partial charge on any atom is -0.494 e. The average Bonchev–Trinajstić information content (AvgIpc) is 2.93. The number of aromatic nitrogens is 2. The molecule has 0 spiro atoms. The van der Waals surface area contributed by atoms with Gasteiger partial charge in [0.05, 0.1) is 29.2 Å². The molecule has 6 nitrogen and oxygen atoms in total. The first kappa shape index (κ1) is 26.1. The molecule has 0 fully saturated rings. The van der Waals surface area contributed by atoms with Gasteiger partial charge in [0, 0.05) is 13.0 Å². The Morgan fingerprint density at radius 2 is 1.68 bits per heavy atom. The molecule has 0 radical (unpaired) electrons. The summed E-state index contributed by atoms with van der Waals surface area (Å²) in [6.45, 7) is 7.09. The van der Waals surface area contributed by atoms with Crippen molar-refractivity contribution in [2.24, 2.45) is 0 Å². The van der Waals surface area contributed by atoms with Crippen molar-refractivity contribution in [2.75, 3.05) is 13.2 Å². The van der Waals surface area contributed by atoms with E-state index in [2.05, 4.69) is 19.1 Å². The summed E-state index contributed by atoms with van der Waals surface area (Å²) in [5.74, 6) is 1.36. The number of hydrogen-bond acceptors (Lipinski definition) is 4. The topological polar surface area (TPSA) is 64.4 Å². The third-order valence-corrected chi connectivity index (χ3v) is 6.60. The molecule has 0 aliphatic heterocycles. The summed E-state index contributed by atoms with van der Waals surface area (Å²) < 4.78 is 7.24. The van der Waals surface area contributed by atoms with E-state index in [4.69, 9.17) is 9.72 Å². The first-order valence-electron chi connectivity index (χ1n) is 13.1. The second-order valence-electron chi connectivity index (χ2n) is 9.16. The van der Waals surface area contributed by atoms with Gasteiger partial charge in [-0.3, -0.25) is 14.2 Å². The van der Waals surface area contributed by atoms with E-state index in [1.54, 1.807) is 10.6 Å². The summed E-state index contributed by atoms with van der Waals surface area (Å²) >= 11 is 0. The van der Waals surface area contributed by atoms with Gasteiger partial charge in [-0.15, -0.1) is 0 Å². The molecule has 0 aliphatic rings. The van der Waals surface area contributed by atoms with Crippen molar-refractivity contribution in [3.63, 3.8) is 0 Å². The van der Waals surface area contributed by atoms with E-state index in [0.29, 0.717) is 42.0 Å². The van der Waals surface area contributed by atoms with E-state index in [9.17, 15) is 9.59 Å². The fraction of sp³-hybridized carbons (Fsp3) is 0.323. The maximum atomic E-state index is 13.8. The third kappa shape index (κ3) is 6.08. The highest BCUT2D eigenvalue weighted by atomic mass is 16.5. The SMILES string of the molecule is CCCCC(=O)N(CCc1ccccc1)C(C)c1nc2ccccc2c(=O)n1-c1ccc(OCC)cc1. The third-order valence-electron chi connectivity index (χ3n) is 6.60. The van der Waals surface area contributed by atoms with Crippen LogP contribution in [0.3, 0.4) is 0 Å². The van der Waals surface area contributed by atoms with Crippen molar-refractivity contribution in [2.45, 2.75) is 52.5 Å². The molecule has 4 rings (SSSR count). The molecule has 1 amide bonds. The molecular formula is C31H35N3O3. The zero-order chi connectivity index (χ0) is 26.2. The number of benzene rings is 3. The van der Waals surface area contributed by atoms with Gasteiger partial charge in [0.15, 0.2) is 0 Å². The second kappa shape index (κ2) is 12.3. The van der Waals surface area contributed by atoms with E-state index in [1.165, 1.54) is 5.56 Å². The lowest BCUT2D eigenvalue weighted by Gasteiger charge is -2.31. The Kier molecular flexibility index (Phi) is 8.72. The van der Waals surface area contributed by atoms with Crippen LogP contribution >= 0.6 is 0 Å². The van der Waals surface area contributed by atoms with Crippen LogP contribution < -0.4 is 10.3 Å². The molecule has 1 aromatic heterocycles. The highest BCUT2D eigenvalue weighted by molar-refractivity contribution is 5.79. The van der Waals surface area contributed by atoms with Gasteiger partial charge in [0.1, 0.15) is 11.6 Å². The summed E-state index contributed by atoms with van der Waals surface area (Å²) in [5, 5.41) is 0.542. The van der Waals surface area contributed by atoms with Crippen LogP contribution in [-0.4, -0.2) is 33.5 Å². The molecule has 4 aromatic rings. The van der Waals surface area contributed by atoms with Gasteiger partial charge < -0.3 is 9.64 Å². The Hall–Kier alpha value is -3.93. The highest BCUT2D eigenvalue weighted by Gasteiger charge is 2.26. The summed E-state index contributed by atoms with van der Waals surface area (Å²) in [4.78, 5) is 34.1. The number of carbonyl (C=O) groups is 1. The summed E-state index contributed by atoms with van der Waals surface area (Å²) in [7, 11) is 0. The average molecular weight is 498 g/mol. The Bertz CT molecular complexity index is 1380. The standard InChI is InChI=1S/C31H35N3O3/c1-4-6-16-29(35)33(22-21-24-12-8-7-9-13-24)23(3)30-32-28-15-11-10-14-27(28)31(36)34(30)25-17-19-26(20-18-25)37-5-2/h7-15,17-20,23H,4-6,16,21-22H2,1-3H3.